The Morgan fingerprint density at radius 1 is 1.28 bits per heavy atom. The Bertz CT molecular complexity index is 1140. The highest BCUT2D eigenvalue weighted by Gasteiger charge is 2.17. The minimum absolute atomic E-state index is 0.0788. The summed E-state index contributed by atoms with van der Waals surface area (Å²) in [6.07, 6.45) is 0. The number of anilines is 1. The summed E-state index contributed by atoms with van der Waals surface area (Å²) < 4.78 is 5.39. The molecule has 2 aromatic carbocycles. The van der Waals surface area contributed by atoms with Crippen LogP contribution in [0.25, 0.3) is 22.0 Å². The monoisotopic (exact) mass is 337 g/mol. The van der Waals surface area contributed by atoms with E-state index in [0.717, 1.165) is 0 Å². The number of nitro benzene ring substituents is 1. The van der Waals surface area contributed by atoms with Crippen molar-refractivity contribution in [3.63, 3.8) is 0 Å². The van der Waals surface area contributed by atoms with E-state index in [0.29, 0.717) is 33.6 Å². The van der Waals surface area contributed by atoms with E-state index in [-0.39, 0.29) is 11.4 Å². The number of carbonyl (C=O) groups excluding carboxylic acids is 1. The molecule has 0 spiro atoms. The number of rotatable bonds is 3. The van der Waals surface area contributed by atoms with Crippen LogP contribution in [-0.2, 0) is 0 Å². The first kappa shape index (κ1) is 14.8. The summed E-state index contributed by atoms with van der Waals surface area (Å²) in [7, 11) is 0. The van der Waals surface area contributed by atoms with Crippen LogP contribution in [-0.4, -0.2) is 26.0 Å². The minimum Gasteiger partial charge on any atom is -0.441 e. The third-order valence-electron chi connectivity index (χ3n) is 3.72. The van der Waals surface area contributed by atoms with E-state index in [1.807, 2.05) is 0 Å². The fourth-order valence-electron chi connectivity index (χ4n) is 2.60. The summed E-state index contributed by atoms with van der Waals surface area (Å²) in [5, 5.41) is 20.7. The number of oxazole rings is 1. The number of H-pyrrole nitrogens is 1. The molecule has 4 aromatic rings. The highest BCUT2D eigenvalue weighted by molar-refractivity contribution is 6.11. The van der Waals surface area contributed by atoms with Crippen LogP contribution in [0, 0.1) is 17.0 Å². The normalized spacial score (nSPS) is 11.1. The quantitative estimate of drug-likeness (QED) is 0.436. The van der Waals surface area contributed by atoms with Crippen molar-refractivity contribution in [2.24, 2.45) is 0 Å². The predicted molar refractivity (Wildman–Crippen MR) is 89.4 cm³/mol. The number of aromatic nitrogens is 3. The molecule has 0 saturated carbocycles. The maximum absolute atomic E-state index is 12.5. The summed E-state index contributed by atoms with van der Waals surface area (Å²) in [5.74, 6) is 0.0513. The van der Waals surface area contributed by atoms with Gasteiger partial charge in [-0.15, -0.1) is 0 Å². The molecule has 0 bridgehead atoms. The zero-order valence-corrected chi connectivity index (χ0v) is 12.9. The van der Waals surface area contributed by atoms with Gasteiger partial charge in [0.1, 0.15) is 5.52 Å². The highest BCUT2D eigenvalue weighted by Crippen LogP contribution is 2.24. The van der Waals surface area contributed by atoms with E-state index in [2.05, 4.69) is 20.5 Å². The van der Waals surface area contributed by atoms with Crippen LogP contribution in [0.1, 0.15) is 16.4 Å². The molecular weight excluding hydrogens is 326 g/mol. The number of benzene rings is 2. The van der Waals surface area contributed by atoms with E-state index in [1.165, 1.54) is 18.2 Å². The van der Waals surface area contributed by atoms with E-state index in [9.17, 15) is 14.9 Å². The van der Waals surface area contributed by atoms with Gasteiger partial charge in [-0.2, -0.15) is 5.10 Å². The van der Waals surface area contributed by atoms with Gasteiger partial charge in [-0.25, -0.2) is 4.98 Å². The number of hydrogen-bond donors (Lipinski definition) is 2. The maximum atomic E-state index is 12.5. The Balaban J connectivity index is 1.68. The summed E-state index contributed by atoms with van der Waals surface area (Å²) in [4.78, 5) is 27.1. The van der Waals surface area contributed by atoms with Gasteiger partial charge in [0.25, 0.3) is 11.6 Å². The van der Waals surface area contributed by atoms with Crippen molar-refractivity contribution in [1.29, 1.82) is 0 Å². The van der Waals surface area contributed by atoms with E-state index in [1.54, 1.807) is 25.1 Å². The fraction of sp³-hybridized carbons (Fsp3) is 0.0625. The number of aryl methyl sites for hydroxylation is 1. The molecule has 4 rings (SSSR count). The van der Waals surface area contributed by atoms with Crippen molar-refractivity contribution in [2.45, 2.75) is 6.92 Å². The number of nitrogens with zero attached hydrogens (tertiary/aromatic N) is 3. The number of nitro groups is 1. The summed E-state index contributed by atoms with van der Waals surface area (Å²) >= 11 is 0. The average Bonchev–Trinajstić information content (AvgIpc) is 3.15. The fourth-order valence-corrected chi connectivity index (χ4v) is 2.60. The lowest BCUT2D eigenvalue weighted by Gasteiger charge is -2.03. The lowest BCUT2D eigenvalue weighted by Crippen LogP contribution is -2.12. The van der Waals surface area contributed by atoms with Crippen LogP contribution in [0.3, 0.4) is 0 Å². The molecule has 0 aliphatic heterocycles. The predicted octanol–water partition coefficient (Wildman–Crippen LogP) is 3.17. The van der Waals surface area contributed by atoms with Gasteiger partial charge in [0, 0.05) is 30.1 Å². The van der Waals surface area contributed by atoms with Crippen molar-refractivity contribution in [1.82, 2.24) is 15.2 Å². The van der Waals surface area contributed by atoms with Crippen LogP contribution in [0.2, 0.25) is 0 Å². The van der Waals surface area contributed by atoms with Crippen LogP contribution >= 0.6 is 0 Å². The Hall–Kier alpha value is -3.75. The first-order valence-corrected chi connectivity index (χ1v) is 7.32. The topological polar surface area (TPSA) is 127 Å². The molecule has 9 nitrogen and oxygen atoms in total. The molecule has 124 valence electrons. The van der Waals surface area contributed by atoms with Gasteiger partial charge in [0.15, 0.2) is 17.2 Å². The Labute approximate surface area is 139 Å². The zero-order valence-electron chi connectivity index (χ0n) is 12.9. The van der Waals surface area contributed by atoms with Crippen molar-refractivity contribution in [3.05, 3.63) is 58.1 Å². The second-order valence-corrected chi connectivity index (χ2v) is 5.43. The molecular formula is C16H11N5O4. The van der Waals surface area contributed by atoms with Crippen LogP contribution in [0.5, 0.6) is 0 Å². The second kappa shape index (κ2) is 5.41. The molecule has 0 saturated heterocycles. The molecule has 0 aliphatic rings. The number of fused-ring (bicyclic) bond motifs is 2. The van der Waals surface area contributed by atoms with Gasteiger partial charge in [-0.1, -0.05) is 0 Å². The molecule has 0 radical (unpaired) electrons. The van der Waals surface area contributed by atoms with Crippen molar-refractivity contribution in [3.8, 4) is 0 Å². The van der Waals surface area contributed by atoms with Gasteiger partial charge in [0.2, 0.25) is 0 Å². The second-order valence-electron chi connectivity index (χ2n) is 5.43. The first-order valence-electron chi connectivity index (χ1n) is 7.32. The number of hydrogen-bond acceptors (Lipinski definition) is 6. The molecule has 2 aromatic heterocycles. The third-order valence-corrected chi connectivity index (χ3v) is 3.72. The van der Waals surface area contributed by atoms with E-state index >= 15 is 0 Å². The lowest BCUT2D eigenvalue weighted by atomic mass is 10.2. The van der Waals surface area contributed by atoms with Gasteiger partial charge >= 0.3 is 0 Å². The molecule has 2 N–H and O–H groups in total. The van der Waals surface area contributed by atoms with Crippen molar-refractivity contribution >= 4 is 39.3 Å². The number of non-ortho nitro benzene ring substituents is 1. The number of nitrogens with one attached hydrogen (secondary N) is 2. The minimum atomic E-state index is -0.519. The highest BCUT2D eigenvalue weighted by atomic mass is 16.6. The number of carbonyl (C=O) groups is 1. The standard InChI is InChI=1S/C16H11N5O4/c1-8-17-13-6-9(2-5-14(13)25-8)18-16(22)15-11-7-10(21(23)24)3-4-12(11)19-20-15/h2-7H,1H3,(H,18,22)(H,19,20). The smallest absolute Gasteiger partial charge is 0.276 e. The lowest BCUT2D eigenvalue weighted by molar-refractivity contribution is -0.384. The van der Waals surface area contributed by atoms with Crippen molar-refractivity contribution < 1.29 is 14.1 Å². The van der Waals surface area contributed by atoms with Crippen molar-refractivity contribution in [2.75, 3.05) is 5.32 Å². The van der Waals surface area contributed by atoms with Crippen LogP contribution in [0.4, 0.5) is 11.4 Å². The first-order chi connectivity index (χ1) is 12.0. The van der Waals surface area contributed by atoms with Gasteiger partial charge < -0.3 is 9.73 Å². The SMILES string of the molecule is Cc1nc2cc(NC(=O)c3n[nH]c4ccc([N+](=O)[O-])cc34)ccc2o1. The Morgan fingerprint density at radius 3 is 2.92 bits per heavy atom. The molecule has 1 amide bonds. The largest absolute Gasteiger partial charge is 0.441 e. The Morgan fingerprint density at radius 2 is 2.12 bits per heavy atom. The third kappa shape index (κ3) is 2.57. The number of amides is 1. The average molecular weight is 337 g/mol. The Kier molecular flexibility index (Phi) is 3.21. The maximum Gasteiger partial charge on any atom is 0.276 e. The summed E-state index contributed by atoms with van der Waals surface area (Å²) in [6.45, 7) is 1.74. The van der Waals surface area contributed by atoms with Gasteiger partial charge in [0.05, 0.1) is 10.4 Å². The zero-order chi connectivity index (χ0) is 17.6. The van der Waals surface area contributed by atoms with Gasteiger partial charge in [-0.05, 0) is 24.3 Å². The summed E-state index contributed by atoms with van der Waals surface area (Å²) in [6, 6.07) is 9.25. The summed E-state index contributed by atoms with van der Waals surface area (Å²) in [5.41, 5.74) is 2.28. The molecule has 0 aliphatic carbocycles. The van der Waals surface area contributed by atoms with Crippen LogP contribution < -0.4 is 5.32 Å². The molecule has 25 heavy (non-hydrogen) atoms. The van der Waals surface area contributed by atoms with Gasteiger partial charge in [-0.3, -0.25) is 20.0 Å². The van der Waals surface area contributed by atoms with E-state index in [4.69, 9.17) is 4.42 Å². The molecule has 0 atom stereocenters. The van der Waals surface area contributed by atoms with E-state index < -0.39 is 10.8 Å². The molecule has 9 heteroatoms. The molecule has 0 unspecified atom stereocenters. The molecule has 2 heterocycles. The molecule has 0 fully saturated rings. The number of aromatic amines is 1. The van der Waals surface area contributed by atoms with Crippen LogP contribution in [0.15, 0.2) is 40.8 Å².